The zero-order chi connectivity index (χ0) is 19.8. The Kier molecular flexibility index (Phi) is 4.83. The number of nitrogens with two attached hydrogens (primary N) is 1. The third-order valence-electron chi connectivity index (χ3n) is 6.19. The molecule has 0 spiro atoms. The van der Waals surface area contributed by atoms with Crippen LogP contribution in [0.3, 0.4) is 0 Å². The first kappa shape index (κ1) is 18.4. The van der Waals surface area contributed by atoms with Crippen LogP contribution in [0.2, 0.25) is 0 Å². The maximum absolute atomic E-state index is 13.1. The van der Waals surface area contributed by atoms with Crippen molar-refractivity contribution in [3.8, 4) is 11.3 Å². The van der Waals surface area contributed by atoms with E-state index in [1.165, 1.54) is 19.3 Å². The number of nitrogens with zero attached hydrogens (tertiary/aromatic N) is 4. The highest BCUT2D eigenvalue weighted by molar-refractivity contribution is 6.03. The predicted octanol–water partition coefficient (Wildman–Crippen LogP) is 2.78. The van der Waals surface area contributed by atoms with Gasteiger partial charge in [0, 0.05) is 35.9 Å². The molecule has 5 rings (SSSR count). The molecule has 0 unspecified atom stereocenters. The van der Waals surface area contributed by atoms with Crippen molar-refractivity contribution in [1.29, 1.82) is 0 Å². The highest BCUT2D eigenvalue weighted by Gasteiger charge is 2.38. The molecule has 0 atom stereocenters. The molecule has 29 heavy (non-hydrogen) atoms. The van der Waals surface area contributed by atoms with Gasteiger partial charge in [-0.05, 0) is 25.0 Å². The Labute approximate surface area is 170 Å². The number of carbonyl (C=O) groups is 1. The van der Waals surface area contributed by atoms with Crippen molar-refractivity contribution < 1.29 is 9.53 Å². The van der Waals surface area contributed by atoms with Crippen LogP contribution in [0.1, 0.15) is 37.7 Å². The molecule has 1 saturated heterocycles. The zero-order valence-corrected chi connectivity index (χ0v) is 16.6. The molecule has 1 aromatic heterocycles. The van der Waals surface area contributed by atoms with Crippen LogP contribution in [0.5, 0.6) is 0 Å². The monoisotopic (exact) mass is 393 g/mol. The van der Waals surface area contributed by atoms with E-state index in [1.807, 2.05) is 29.2 Å². The van der Waals surface area contributed by atoms with Gasteiger partial charge in [-0.1, -0.05) is 31.4 Å². The molecule has 2 fully saturated rings. The van der Waals surface area contributed by atoms with Gasteiger partial charge in [-0.25, -0.2) is 4.98 Å². The lowest BCUT2D eigenvalue weighted by Gasteiger charge is -2.32. The number of amides is 1. The molecule has 7 heteroatoms. The summed E-state index contributed by atoms with van der Waals surface area (Å²) >= 11 is 0. The van der Waals surface area contributed by atoms with E-state index >= 15 is 0 Å². The lowest BCUT2D eigenvalue weighted by molar-refractivity contribution is -0.118. The van der Waals surface area contributed by atoms with E-state index in [-0.39, 0.29) is 11.9 Å². The fourth-order valence-electron chi connectivity index (χ4n) is 4.72. The van der Waals surface area contributed by atoms with Gasteiger partial charge in [0.05, 0.1) is 25.3 Å². The molecular formula is C22H27N5O2. The summed E-state index contributed by atoms with van der Waals surface area (Å²) in [4.78, 5) is 27.0. The Morgan fingerprint density at radius 3 is 2.62 bits per heavy atom. The first-order valence-electron chi connectivity index (χ1n) is 10.6. The Bertz CT molecular complexity index is 919. The van der Waals surface area contributed by atoms with Gasteiger partial charge in [-0.3, -0.25) is 9.69 Å². The largest absolute Gasteiger partial charge is 0.399 e. The summed E-state index contributed by atoms with van der Waals surface area (Å²) in [6.45, 7) is 2.84. The third kappa shape index (κ3) is 3.44. The minimum atomic E-state index is 0.144. The topological polar surface area (TPSA) is 84.6 Å². The highest BCUT2D eigenvalue weighted by atomic mass is 16.5. The molecule has 1 aliphatic carbocycles. The Hall–Kier alpha value is -2.67. The maximum atomic E-state index is 13.1. The average molecular weight is 393 g/mol. The number of anilines is 3. The molecule has 152 valence electrons. The van der Waals surface area contributed by atoms with Crippen LogP contribution in [0.15, 0.2) is 24.3 Å². The van der Waals surface area contributed by atoms with E-state index in [4.69, 9.17) is 20.4 Å². The minimum Gasteiger partial charge on any atom is -0.399 e. The summed E-state index contributed by atoms with van der Waals surface area (Å²) in [6.07, 6.45) is 6.06. The van der Waals surface area contributed by atoms with E-state index in [0.29, 0.717) is 31.3 Å². The number of hydrogen-bond acceptors (Lipinski definition) is 6. The molecule has 2 aromatic rings. The van der Waals surface area contributed by atoms with E-state index in [0.717, 1.165) is 48.6 Å². The van der Waals surface area contributed by atoms with Crippen molar-refractivity contribution in [3.05, 3.63) is 29.8 Å². The van der Waals surface area contributed by atoms with Crippen LogP contribution in [0, 0.1) is 0 Å². The zero-order valence-electron chi connectivity index (χ0n) is 16.6. The molecule has 3 heterocycles. The van der Waals surface area contributed by atoms with Gasteiger partial charge in [-0.2, -0.15) is 4.98 Å². The third-order valence-corrected chi connectivity index (χ3v) is 6.19. The average Bonchev–Trinajstić information content (AvgIpc) is 3.10. The number of morpholine rings is 1. The normalized spacial score (nSPS) is 20.2. The number of ether oxygens (including phenoxy) is 1. The second-order valence-electron chi connectivity index (χ2n) is 8.13. The fraction of sp³-hybridized carbons (Fsp3) is 0.500. The van der Waals surface area contributed by atoms with Crippen molar-refractivity contribution in [1.82, 2.24) is 9.97 Å². The predicted molar refractivity (Wildman–Crippen MR) is 113 cm³/mol. The second-order valence-corrected chi connectivity index (χ2v) is 8.13. The van der Waals surface area contributed by atoms with E-state index < -0.39 is 0 Å². The van der Waals surface area contributed by atoms with Gasteiger partial charge in [0.1, 0.15) is 5.82 Å². The van der Waals surface area contributed by atoms with Gasteiger partial charge in [0.15, 0.2) is 0 Å². The van der Waals surface area contributed by atoms with E-state index in [2.05, 4.69) is 4.90 Å². The minimum absolute atomic E-state index is 0.144. The molecule has 1 amide bonds. The summed E-state index contributed by atoms with van der Waals surface area (Å²) in [7, 11) is 0. The van der Waals surface area contributed by atoms with Crippen molar-refractivity contribution in [2.45, 2.75) is 44.6 Å². The number of nitrogen functional groups attached to an aromatic ring is 1. The Morgan fingerprint density at radius 1 is 1.07 bits per heavy atom. The molecule has 1 saturated carbocycles. The summed E-state index contributed by atoms with van der Waals surface area (Å²) in [5.74, 6) is 1.63. The van der Waals surface area contributed by atoms with Crippen LogP contribution in [0.4, 0.5) is 17.5 Å². The van der Waals surface area contributed by atoms with Crippen molar-refractivity contribution >= 4 is 23.4 Å². The van der Waals surface area contributed by atoms with Crippen molar-refractivity contribution in [2.24, 2.45) is 0 Å². The first-order chi connectivity index (χ1) is 14.2. The van der Waals surface area contributed by atoms with Crippen LogP contribution >= 0.6 is 0 Å². The number of benzene rings is 1. The number of rotatable bonds is 3. The van der Waals surface area contributed by atoms with Gasteiger partial charge in [0.2, 0.25) is 11.9 Å². The Morgan fingerprint density at radius 2 is 1.86 bits per heavy atom. The number of fused-ring (bicyclic) bond motifs is 1. The Balaban J connectivity index is 1.63. The van der Waals surface area contributed by atoms with Crippen LogP contribution < -0.4 is 15.5 Å². The van der Waals surface area contributed by atoms with Gasteiger partial charge in [0.25, 0.3) is 0 Å². The lowest BCUT2D eigenvalue weighted by atomic mass is 9.94. The molecule has 3 aliphatic rings. The summed E-state index contributed by atoms with van der Waals surface area (Å²) in [6, 6.07) is 7.99. The quantitative estimate of drug-likeness (QED) is 0.807. The van der Waals surface area contributed by atoms with Gasteiger partial charge < -0.3 is 15.4 Å². The molecule has 7 nitrogen and oxygen atoms in total. The first-order valence-corrected chi connectivity index (χ1v) is 10.6. The summed E-state index contributed by atoms with van der Waals surface area (Å²) in [5, 5.41) is 0. The number of aromatic nitrogens is 2. The summed E-state index contributed by atoms with van der Waals surface area (Å²) < 4.78 is 5.50. The van der Waals surface area contributed by atoms with Crippen LogP contribution in [-0.2, 0) is 16.0 Å². The number of hydrogen-bond donors (Lipinski definition) is 1. The lowest BCUT2D eigenvalue weighted by Crippen LogP contribution is -2.40. The molecule has 1 aromatic carbocycles. The molecule has 2 N–H and O–H groups in total. The van der Waals surface area contributed by atoms with Crippen molar-refractivity contribution in [2.75, 3.05) is 41.8 Å². The molecule has 0 bridgehead atoms. The number of carbonyl (C=O) groups excluding carboxylic acids is 1. The fourth-order valence-corrected chi connectivity index (χ4v) is 4.72. The van der Waals surface area contributed by atoms with Crippen LogP contribution in [0.25, 0.3) is 11.3 Å². The van der Waals surface area contributed by atoms with Gasteiger partial charge >= 0.3 is 0 Å². The molecule has 2 aliphatic heterocycles. The smallest absolute Gasteiger partial charge is 0.233 e. The van der Waals surface area contributed by atoms with Crippen LogP contribution in [-0.4, -0.2) is 48.2 Å². The molecular weight excluding hydrogens is 366 g/mol. The van der Waals surface area contributed by atoms with E-state index in [1.54, 1.807) is 0 Å². The second kappa shape index (κ2) is 7.63. The highest BCUT2D eigenvalue weighted by Crippen LogP contribution is 2.39. The summed E-state index contributed by atoms with van der Waals surface area (Å²) in [5.41, 5.74) is 9.44. The van der Waals surface area contributed by atoms with E-state index in [9.17, 15) is 4.79 Å². The SMILES string of the molecule is Nc1cccc(-c2nc(N3CCOCC3)nc3c2CC(=O)N3C2CCCCC2)c1. The van der Waals surface area contributed by atoms with Crippen molar-refractivity contribution in [3.63, 3.8) is 0 Å². The standard InChI is InChI=1S/C22H27N5O2/c23-16-6-4-5-15(13-16)20-18-14-19(28)27(17-7-2-1-3-8-17)21(18)25-22(24-20)26-9-11-29-12-10-26/h4-6,13,17H,1-3,7-12,14,23H2. The van der Waals surface area contributed by atoms with Gasteiger partial charge in [-0.15, -0.1) is 0 Å². The molecule has 0 radical (unpaired) electrons. The maximum Gasteiger partial charge on any atom is 0.233 e.